The normalized spacial score (nSPS) is 21.6. The van der Waals surface area contributed by atoms with Gasteiger partial charge in [0.1, 0.15) is 0 Å². The van der Waals surface area contributed by atoms with Crippen LogP contribution in [-0.2, 0) is 9.59 Å². The van der Waals surface area contributed by atoms with Crippen molar-refractivity contribution in [3.8, 4) is 0 Å². The van der Waals surface area contributed by atoms with E-state index in [1.54, 1.807) is 0 Å². The van der Waals surface area contributed by atoms with Crippen molar-refractivity contribution in [1.29, 1.82) is 0 Å². The molecule has 2 rings (SSSR count). The number of hydrogen-bond acceptors (Lipinski definition) is 4. The van der Waals surface area contributed by atoms with E-state index >= 15 is 0 Å². The monoisotopic (exact) mass is 310 g/mol. The standard InChI is InChI=1S/C16H30N4O2/c1-14(16(22)20-9-5-3-4-6-10-20)18(2)13-15(21)19-11-7-17-8-12-19/h14,17H,3-13H2,1-2H3. The molecule has 0 aromatic carbocycles. The molecule has 0 aliphatic carbocycles. The zero-order valence-electron chi connectivity index (χ0n) is 14.0. The van der Waals surface area contributed by atoms with Crippen LogP contribution in [0.15, 0.2) is 0 Å². The quantitative estimate of drug-likeness (QED) is 0.803. The molecule has 126 valence electrons. The fourth-order valence-electron chi connectivity index (χ4n) is 3.11. The van der Waals surface area contributed by atoms with Crippen LogP contribution in [0.1, 0.15) is 32.6 Å². The fourth-order valence-corrected chi connectivity index (χ4v) is 3.11. The molecule has 2 aliphatic heterocycles. The zero-order chi connectivity index (χ0) is 15.9. The van der Waals surface area contributed by atoms with Crippen molar-refractivity contribution < 1.29 is 9.59 Å². The van der Waals surface area contributed by atoms with Crippen LogP contribution in [0.2, 0.25) is 0 Å². The second-order valence-corrected chi connectivity index (χ2v) is 6.46. The predicted octanol–water partition coefficient (Wildman–Crippen LogP) is 0.141. The van der Waals surface area contributed by atoms with E-state index in [-0.39, 0.29) is 17.9 Å². The molecule has 2 amide bonds. The number of carbonyl (C=O) groups is 2. The number of carbonyl (C=O) groups excluding carboxylic acids is 2. The van der Waals surface area contributed by atoms with E-state index < -0.39 is 0 Å². The van der Waals surface area contributed by atoms with Crippen molar-refractivity contribution in [2.75, 3.05) is 52.9 Å². The first kappa shape index (κ1) is 17.2. The minimum Gasteiger partial charge on any atom is -0.341 e. The van der Waals surface area contributed by atoms with Gasteiger partial charge in [0.25, 0.3) is 0 Å². The van der Waals surface area contributed by atoms with Crippen molar-refractivity contribution >= 4 is 11.8 Å². The zero-order valence-corrected chi connectivity index (χ0v) is 14.0. The van der Waals surface area contributed by atoms with Crippen LogP contribution in [0.3, 0.4) is 0 Å². The Bertz CT molecular complexity index is 374. The third-order valence-corrected chi connectivity index (χ3v) is 4.79. The van der Waals surface area contributed by atoms with Crippen molar-refractivity contribution in [1.82, 2.24) is 20.0 Å². The average Bonchev–Trinajstić information content (AvgIpc) is 2.83. The van der Waals surface area contributed by atoms with Crippen LogP contribution in [0.25, 0.3) is 0 Å². The van der Waals surface area contributed by atoms with Gasteiger partial charge in [-0.15, -0.1) is 0 Å². The number of nitrogens with one attached hydrogen (secondary N) is 1. The fraction of sp³-hybridized carbons (Fsp3) is 0.875. The first-order valence-corrected chi connectivity index (χ1v) is 8.57. The number of rotatable bonds is 4. The maximum absolute atomic E-state index is 12.6. The lowest BCUT2D eigenvalue weighted by molar-refractivity contribution is -0.138. The summed E-state index contributed by atoms with van der Waals surface area (Å²) in [6.45, 7) is 7.21. The van der Waals surface area contributed by atoms with Crippen molar-refractivity contribution in [2.45, 2.75) is 38.6 Å². The number of likely N-dealkylation sites (tertiary alicyclic amines) is 1. The first-order chi connectivity index (χ1) is 10.6. The molecular weight excluding hydrogens is 280 g/mol. The van der Waals surface area contributed by atoms with Gasteiger partial charge in [-0.05, 0) is 26.8 Å². The van der Waals surface area contributed by atoms with E-state index in [1.807, 2.05) is 28.7 Å². The lowest BCUT2D eigenvalue weighted by atomic mass is 10.2. The summed E-state index contributed by atoms with van der Waals surface area (Å²) >= 11 is 0. The second-order valence-electron chi connectivity index (χ2n) is 6.46. The van der Waals surface area contributed by atoms with Crippen molar-refractivity contribution in [2.24, 2.45) is 0 Å². The lowest BCUT2D eigenvalue weighted by Gasteiger charge is -2.32. The summed E-state index contributed by atoms with van der Waals surface area (Å²) < 4.78 is 0. The number of likely N-dealkylation sites (N-methyl/N-ethyl adjacent to an activating group) is 1. The minimum absolute atomic E-state index is 0.125. The highest BCUT2D eigenvalue weighted by molar-refractivity contribution is 5.83. The Balaban J connectivity index is 1.83. The third-order valence-electron chi connectivity index (χ3n) is 4.79. The summed E-state index contributed by atoms with van der Waals surface area (Å²) in [7, 11) is 1.88. The molecule has 6 heteroatoms. The smallest absolute Gasteiger partial charge is 0.239 e. The van der Waals surface area contributed by atoms with E-state index in [0.29, 0.717) is 6.54 Å². The van der Waals surface area contributed by atoms with Crippen LogP contribution in [-0.4, -0.2) is 85.4 Å². The number of amides is 2. The number of piperazine rings is 1. The van der Waals surface area contributed by atoms with Gasteiger partial charge in [0, 0.05) is 39.3 Å². The van der Waals surface area contributed by atoms with Crippen LogP contribution in [0.5, 0.6) is 0 Å². The second kappa shape index (κ2) is 8.48. The van der Waals surface area contributed by atoms with E-state index in [4.69, 9.17) is 0 Å². The predicted molar refractivity (Wildman–Crippen MR) is 86.6 cm³/mol. The minimum atomic E-state index is -0.232. The number of nitrogens with zero attached hydrogens (tertiary/aromatic N) is 3. The van der Waals surface area contributed by atoms with Gasteiger partial charge in [-0.3, -0.25) is 14.5 Å². The summed E-state index contributed by atoms with van der Waals surface area (Å²) in [5.41, 5.74) is 0. The van der Waals surface area contributed by atoms with E-state index in [2.05, 4.69) is 5.32 Å². The van der Waals surface area contributed by atoms with Crippen LogP contribution >= 0.6 is 0 Å². The van der Waals surface area contributed by atoms with Crippen LogP contribution in [0, 0.1) is 0 Å². The molecule has 0 bridgehead atoms. The molecule has 2 saturated heterocycles. The Morgan fingerprint density at radius 2 is 1.59 bits per heavy atom. The maximum Gasteiger partial charge on any atom is 0.239 e. The molecule has 0 aromatic rings. The molecule has 2 aliphatic rings. The molecular formula is C16H30N4O2. The Hall–Kier alpha value is -1.14. The van der Waals surface area contributed by atoms with E-state index in [9.17, 15) is 9.59 Å². The van der Waals surface area contributed by atoms with Gasteiger partial charge in [-0.2, -0.15) is 0 Å². The molecule has 6 nitrogen and oxygen atoms in total. The van der Waals surface area contributed by atoms with Crippen molar-refractivity contribution in [3.05, 3.63) is 0 Å². The van der Waals surface area contributed by atoms with Gasteiger partial charge in [0.15, 0.2) is 0 Å². The molecule has 0 radical (unpaired) electrons. The molecule has 1 atom stereocenters. The highest BCUT2D eigenvalue weighted by Crippen LogP contribution is 2.12. The average molecular weight is 310 g/mol. The van der Waals surface area contributed by atoms with Gasteiger partial charge in [-0.25, -0.2) is 0 Å². The Labute approximate surface area is 133 Å². The van der Waals surface area contributed by atoms with Gasteiger partial charge >= 0.3 is 0 Å². The largest absolute Gasteiger partial charge is 0.341 e. The summed E-state index contributed by atoms with van der Waals surface area (Å²) in [5, 5.41) is 3.24. The van der Waals surface area contributed by atoms with E-state index in [0.717, 1.165) is 52.1 Å². The van der Waals surface area contributed by atoms with Gasteiger partial charge < -0.3 is 15.1 Å². The molecule has 0 aromatic heterocycles. The first-order valence-electron chi connectivity index (χ1n) is 8.57. The Morgan fingerprint density at radius 1 is 1.00 bits per heavy atom. The van der Waals surface area contributed by atoms with E-state index in [1.165, 1.54) is 12.8 Å². The van der Waals surface area contributed by atoms with Gasteiger partial charge in [0.2, 0.25) is 11.8 Å². The highest BCUT2D eigenvalue weighted by atomic mass is 16.2. The highest BCUT2D eigenvalue weighted by Gasteiger charge is 2.27. The third kappa shape index (κ3) is 4.68. The molecule has 2 fully saturated rings. The van der Waals surface area contributed by atoms with Crippen LogP contribution in [0.4, 0.5) is 0 Å². The molecule has 1 unspecified atom stereocenters. The molecule has 0 saturated carbocycles. The Kier molecular flexibility index (Phi) is 6.64. The number of hydrogen-bond donors (Lipinski definition) is 1. The van der Waals surface area contributed by atoms with Crippen LogP contribution < -0.4 is 5.32 Å². The molecule has 22 heavy (non-hydrogen) atoms. The van der Waals surface area contributed by atoms with Crippen molar-refractivity contribution in [3.63, 3.8) is 0 Å². The lowest BCUT2D eigenvalue weighted by Crippen LogP contribution is -2.52. The summed E-state index contributed by atoms with van der Waals surface area (Å²) in [6, 6.07) is -0.232. The molecule has 1 N–H and O–H groups in total. The Morgan fingerprint density at radius 3 is 2.18 bits per heavy atom. The van der Waals surface area contributed by atoms with Gasteiger partial charge in [-0.1, -0.05) is 12.8 Å². The van der Waals surface area contributed by atoms with Gasteiger partial charge in [0.05, 0.1) is 12.6 Å². The molecule has 2 heterocycles. The topological polar surface area (TPSA) is 55.9 Å². The summed E-state index contributed by atoms with van der Waals surface area (Å²) in [6.07, 6.45) is 4.63. The maximum atomic E-state index is 12.6. The summed E-state index contributed by atoms with van der Waals surface area (Å²) in [4.78, 5) is 30.6. The summed E-state index contributed by atoms with van der Waals surface area (Å²) in [5.74, 6) is 0.289. The molecule has 0 spiro atoms. The SMILES string of the molecule is CC(C(=O)N1CCCCCC1)N(C)CC(=O)N1CCNCC1.